The predicted molar refractivity (Wildman–Crippen MR) is 63.1 cm³/mol. The normalized spacial score (nSPS) is 44.6. The van der Waals surface area contributed by atoms with Crippen molar-refractivity contribution in [2.75, 3.05) is 6.61 Å². The van der Waals surface area contributed by atoms with Crippen LogP contribution in [0.4, 0.5) is 0 Å². The average Bonchev–Trinajstić information content (AvgIpc) is 2.25. The van der Waals surface area contributed by atoms with Crippen LogP contribution in [-0.2, 0) is 4.74 Å². The smallest absolute Gasteiger partial charge is 0.0903 e. The minimum Gasteiger partial charge on any atom is -0.390 e. The Morgan fingerprint density at radius 3 is 2.18 bits per heavy atom. The number of nitrogens with zero attached hydrogens (tertiary/aromatic N) is 1. The summed E-state index contributed by atoms with van der Waals surface area (Å²) in [5, 5.41) is 18.1. The molecule has 1 atom stereocenters. The van der Waals surface area contributed by atoms with E-state index in [0.29, 0.717) is 6.61 Å². The Bertz CT molecular complexity index is 298. The molecule has 0 aromatic carbocycles. The molecule has 4 aliphatic rings. The maximum absolute atomic E-state index is 9.60. The van der Waals surface area contributed by atoms with Crippen molar-refractivity contribution in [2.45, 2.75) is 56.7 Å². The molecule has 4 bridgehead atoms. The molecule has 0 amide bonds. The molecule has 4 fully saturated rings. The predicted octanol–water partition coefficient (Wildman–Crippen LogP) is 2.25. The van der Waals surface area contributed by atoms with Gasteiger partial charge in [-0.25, -0.2) is 0 Å². The first-order valence-corrected chi connectivity index (χ1v) is 6.88. The van der Waals surface area contributed by atoms with Crippen LogP contribution in [0.5, 0.6) is 0 Å². The van der Waals surface area contributed by atoms with Crippen LogP contribution in [0.25, 0.3) is 0 Å². The maximum atomic E-state index is 9.60. The van der Waals surface area contributed by atoms with Crippen LogP contribution >= 0.6 is 0 Å². The lowest BCUT2D eigenvalue weighted by molar-refractivity contribution is -0.174. The minimum absolute atomic E-state index is 0.0607. The molecule has 3 heteroatoms. The Balaban J connectivity index is 1.61. The monoisotopic (exact) mass is 235 g/mol. The quantitative estimate of drug-likeness (QED) is 0.813. The van der Waals surface area contributed by atoms with Gasteiger partial charge in [-0.2, -0.15) is 5.26 Å². The number of ether oxygens (including phenoxy) is 1. The van der Waals surface area contributed by atoms with E-state index in [0.717, 1.165) is 17.8 Å². The van der Waals surface area contributed by atoms with Gasteiger partial charge in [0.15, 0.2) is 0 Å². The number of aliphatic hydroxyl groups excluding tert-OH is 1. The Labute approximate surface area is 103 Å². The molecule has 0 heterocycles. The first-order valence-electron chi connectivity index (χ1n) is 6.88. The van der Waals surface area contributed by atoms with Gasteiger partial charge in [0.25, 0.3) is 0 Å². The summed E-state index contributed by atoms with van der Waals surface area (Å²) in [4.78, 5) is 0. The molecule has 4 saturated carbocycles. The van der Waals surface area contributed by atoms with Crippen molar-refractivity contribution >= 4 is 0 Å². The zero-order valence-electron chi connectivity index (χ0n) is 10.3. The fraction of sp³-hybridized carbons (Fsp3) is 0.929. The Hall–Kier alpha value is -0.590. The van der Waals surface area contributed by atoms with Gasteiger partial charge in [-0.1, -0.05) is 0 Å². The van der Waals surface area contributed by atoms with E-state index in [1.807, 2.05) is 6.07 Å². The zero-order chi connectivity index (χ0) is 11.9. The van der Waals surface area contributed by atoms with Crippen LogP contribution in [0.3, 0.4) is 0 Å². The maximum Gasteiger partial charge on any atom is 0.0903 e. The van der Waals surface area contributed by atoms with Crippen LogP contribution in [0.2, 0.25) is 0 Å². The van der Waals surface area contributed by atoms with Gasteiger partial charge in [-0.15, -0.1) is 0 Å². The molecule has 0 radical (unpaired) electrons. The van der Waals surface area contributed by atoms with Gasteiger partial charge in [-0.05, 0) is 56.3 Å². The highest BCUT2D eigenvalue weighted by Crippen LogP contribution is 2.57. The molecule has 0 saturated heterocycles. The van der Waals surface area contributed by atoms with E-state index in [1.165, 1.54) is 38.5 Å². The van der Waals surface area contributed by atoms with Gasteiger partial charge in [0.2, 0.25) is 0 Å². The van der Waals surface area contributed by atoms with Gasteiger partial charge in [0.1, 0.15) is 0 Å². The Morgan fingerprint density at radius 2 is 1.71 bits per heavy atom. The van der Waals surface area contributed by atoms with Gasteiger partial charge in [-0.3, -0.25) is 0 Å². The zero-order valence-corrected chi connectivity index (χ0v) is 10.3. The summed E-state index contributed by atoms with van der Waals surface area (Å²) in [5.74, 6) is 2.61. The van der Waals surface area contributed by atoms with Crippen LogP contribution in [0, 0.1) is 29.1 Å². The van der Waals surface area contributed by atoms with Crippen molar-refractivity contribution in [1.82, 2.24) is 0 Å². The second kappa shape index (κ2) is 4.26. The first-order chi connectivity index (χ1) is 8.19. The molecular weight excluding hydrogens is 214 g/mol. The third-order valence-corrected chi connectivity index (χ3v) is 4.89. The molecule has 0 aromatic heterocycles. The summed E-state index contributed by atoms with van der Waals surface area (Å²) in [7, 11) is 0. The van der Waals surface area contributed by atoms with Crippen LogP contribution in [0.15, 0.2) is 0 Å². The van der Waals surface area contributed by atoms with Crippen LogP contribution < -0.4 is 0 Å². The highest BCUT2D eigenvalue weighted by atomic mass is 16.5. The van der Waals surface area contributed by atoms with Gasteiger partial charge in [0, 0.05) is 0 Å². The van der Waals surface area contributed by atoms with Gasteiger partial charge in [0.05, 0.1) is 30.8 Å². The van der Waals surface area contributed by atoms with Crippen molar-refractivity contribution in [3.8, 4) is 6.07 Å². The second-order valence-electron chi connectivity index (χ2n) is 6.43. The molecule has 17 heavy (non-hydrogen) atoms. The SMILES string of the molecule is N#CCC(O)COC12CC3CC(CC(C3)C1)C2. The van der Waals surface area contributed by atoms with Crippen molar-refractivity contribution in [1.29, 1.82) is 5.26 Å². The average molecular weight is 235 g/mol. The van der Waals surface area contributed by atoms with Gasteiger partial charge >= 0.3 is 0 Å². The molecule has 1 N–H and O–H groups in total. The first kappa shape index (κ1) is 11.5. The van der Waals surface area contributed by atoms with Crippen molar-refractivity contribution in [3.05, 3.63) is 0 Å². The molecule has 3 nitrogen and oxygen atoms in total. The molecule has 0 aromatic rings. The summed E-state index contributed by atoms with van der Waals surface area (Å²) in [6.45, 7) is 0.347. The third-order valence-electron chi connectivity index (χ3n) is 4.89. The summed E-state index contributed by atoms with van der Waals surface area (Å²) < 4.78 is 6.06. The lowest BCUT2D eigenvalue weighted by atomic mass is 9.54. The van der Waals surface area contributed by atoms with E-state index in [9.17, 15) is 5.11 Å². The standard InChI is InChI=1S/C14H21NO2/c15-2-1-13(16)9-17-14-6-10-3-11(7-14)5-12(4-10)8-14/h10-13,16H,1,3-9H2. The topological polar surface area (TPSA) is 53.2 Å². The summed E-state index contributed by atoms with van der Waals surface area (Å²) in [5.41, 5.74) is 0.0607. The summed E-state index contributed by atoms with van der Waals surface area (Å²) in [6, 6.07) is 2.00. The fourth-order valence-corrected chi connectivity index (χ4v) is 4.65. The Kier molecular flexibility index (Phi) is 2.88. The molecule has 4 aliphatic carbocycles. The lowest BCUT2D eigenvalue weighted by Crippen LogP contribution is -2.52. The third kappa shape index (κ3) is 2.21. The van der Waals surface area contributed by atoms with Gasteiger partial charge < -0.3 is 9.84 Å². The highest BCUT2D eigenvalue weighted by Gasteiger charge is 2.51. The second-order valence-corrected chi connectivity index (χ2v) is 6.43. The molecule has 0 aliphatic heterocycles. The van der Waals surface area contributed by atoms with E-state index in [1.54, 1.807) is 0 Å². The highest BCUT2D eigenvalue weighted by molar-refractivity contribution is 5.03. The van der Waals surface area contributed by atoms with Crippen molar-refractivity contribution < 1.29 is 9.84 Å². The molecule has 0 spiro atoms. The fourth-order valence-electron chi connectivity index (χ4n) is 4.65. The van der Waals surface area contributed by atoms with Crippen LogP contribution in [0.1, 0.15) is 44.9 Å². The van der Waals surface area contributed by atoms with Crippen molar-refractivity contribution in [3.63, 3.8) is 0 Å². The number of aliphatic hydroxyl groups is 1. The van der Waals surface area contributed by atoms with E-state index in [-0.39, 0.29) is 12.0 Å². The Morgan fingerprint density at radius 1 is 1.18 bits per heavy atom. The molecule has 94 valence electrons. The number of hydrogen-bond acceptors (Lipinski definition) is 3. The number of hydrogen-bond donors (Lipinski definition) is 1. The van der Waals surface area contributed by atoms with E-state index in [2.05, 4.69) is 0 Å². The van der Waals surface area contributed by atoms with E-state index in [4.69, 9.17) is 10.00 Å². The lowest BCUT2D eigenvalue weighted by Gasteiger charge is -2.56. The van der Waals surface area contributed by atoms with Crippen LogP contribution in [-0.4, -0.2) is 23.4 Å². The van der Waals surface area contributed by atoms with Crippen molar-refractivity contribution in [2.24, 2.45) is 17.8 Å². The van der Waals surface area contributed by atoms with E-state index < -0.39 is 6.10 Å². The van der Waals surface area contributed by atoms with E-state index >= 15 is 0 Å². The molecule has 1 unspecified atom stereocenters. The summed E-state index contributed by atoms with van der Waals surface area (Å²) >= 11 is 0. The number of rotatable bonds is 4. The molecular formula is C14H21NO2. The largest absolute Gasteiger partial charge is 0.390 e. The number of nitriles is 1. The minimum atomic E-state index is -0.604. The summed E-state index contributed by atoms with van der Waals surface area (Å²) in [6.07, 6.45) is 7.38. The molecule has 4 rings (SSSR count).